The summed E-state index contributed by atoms with van der Waals surface area (Å²) in [6, 6.07) is 14.6. The van der Waals surface area contributed by atoms with E-state index in [1.54, 1.807) is 13.2 Å². The smallest absolute Gasteiger partial charge is 0.430 e. The lowest BCUT2D eigenvalue weighted by Crippen LogP contribution is -2.60. The first-order valence-corrected chi connectivity index (χ1v) is 11.5. The van der Waals surface area contributed by atoms with Crippen LogP contribution in [0.2, 0.25) is 0 Å². The summed E-state index contributed by atoms with van der Waals surface area (Å²) in [6.07, 6.45) is -3.94. The Balaban J connectivity index is 1.64. The fourth-order valence-corrected chi connectivity index (χ4v) is 5.64. The number of halogens is 3. The summed E-state index contributed by atoms with van der Waals surface area (Å²) >= 11 is 0. The Labute approximate surface area is 202 Å². The number of piperidine rings is 2. The maximum Gasteiger partial charge on any atom is 0.430 e. The Kier molecular flexibility index (Phi) is 6.81. The molecular weight excluding hydrogens is 461 g/mol. The second-order valence-electron chi connectivity index (χ2n) is 9.18. The van der Waals surface area contributed by atoms with E-state index in [9.17, 15) is 22.8 Å². The van der Waals surface area contributed by atoms with E-state index in [1.807, 2.05) is 24.3 Å². The number of hydrogen-bond donors (Lipinski definition) is 1. The molecule has 2 aliphatic heterocycles. The molecule has 1 spiro atoms. The van der Waals surface area contributed by atoms with Crippen LogP contribution in [-0.4, -0.2) is 56.7 Å². The summed E-state index contributed by atoms with van der Waals surface area (Å²) in [5.41, 5.74) is -2.90. The lowest BCUT2D eigenvalue weighted by atomic mass is 9.62. The van der Waals surface area contributed by atoms with Gasteiger partial charge in [-0.2, -0.15) is 13.2 Å². The van der Waals surface area contributed by atoms with Crippen LogP contribution in [-0.2, 0) is 19.9 Å². The van der Waals surface area contributed by atoms with Crippen LogP contribution in [0.4, 0.5) is 13.2 Å². The Bertz CT molecular complexity index is 1070. The molecule has 1 N–H and O–H groups in total. The van der Waals surface area contributed by atoms with Crippen molar-refractivity contribution in [3.8, 4) is 5.75 Å². The predicted octanol–water partition coefficient (Wildman–Crippen LogP) is 4.01. The van der Waals surface area contributed by atoms with Crippen molar-refractivity contribution in [3.63, 3.8) is 0 Å². The van der Waals surface area contributed by atoms with Crippen LogP contribution in [0.5, 0.6) is 5.75 Å². The lowest BCUT2D eigenvalue weighted by molar-refractivity contribution is -0.271. The third kappa shape index (κ3) is 4.26. The first-order chi connectivity index (χ1) is 16.7. The molecule has 0 aliphatic carbocycles. The molecule has 9 heteroatoms. The van der Waals surface area contributed by atoms with Gasteiger partial charge in [-0.1, -0.05) is 48.5 Å². The molecule has 2 aromatic carbocycles. The highest BCUT2D eigenvalue weighted by Gasteiger charge is 2.64. The molecule has 0 aromatic heterocycles. The van der Waals surface area contributed by atoms with Gasteiger partial charge in [-0.25, -0.2) is 0 Å². The highest BCUT2D eigenvalue weighted by atomic mass is 19.4. The number of ether oxygens (including phenoxy) is 2. The van der Waals surface area contributed by atoms with Gasteiger partial charge in [-0.15, -0.1) is 0 Å². The summed E-state index contributed by atoms with van der Waals surface area (Å²) in [5, 5.41) is 2.92. The number of nitrogens with zero attached hydrogens (tertiary/aromatic N) is 1. The molecule has 2 saturated heterocycles. The van der Waals surface area contributed by atoms with Crippen LogP contribution in [0.15, 0.2) is 54.6 Å². The molecular formula is C26H29F3N2O4. The molecule has 0 bridgehead atoms. The van der Waals surface area contributed by atoms with E-state index in [2.05, 4.69) is 5.32 Å². The minimum atomic E-state index is -4.96. The first kappa shape index (κ1) is 25.0. The van der Waals surface area contributed by atoms with Crippen LogP contribution in [0.1, 0.15) is 36.3 Å². The maximum atomic E-state index is 14.4. The van der Waals surface area contributed by atoms with Crippen molar-refractivity contribution in [2.45, 2.75) is 37.0 Å². The summed E-state index contributed by atoms with van der Waals surface area (Å²) in [5.74, 6) is -0.618. The van der Waals surface area contributed by atoms with Crippen molar-refractivity contribution in [1.29, 1.82) is 0 Å². The van der Waals surface area contributed by atoms with Crippen molar-refractivity contribution >= 4 is 11.8 Å². The van der Waals surface area contributed by atoms with Crippen molar-refractivity contribution < 1.29 is 32.2 Å². The number of hydrogen-bond acceptors (Lipinski definition) is 4. The number of para-hydroxylation sites is 1. The second-order valence-corrected chi connectivity index (χ2v) is 9.18. The molecule has 0 radical (unpaired) electrons. The normalized spacial score (nSPS) is 21.8. The lowest BCUT2D eigenvalue weighted by Gasteiger charge is -2.50. The van der Waals surface area contributed by atoms with Crippen LogP contribution < -0.4 is 10.1 Å². The zero-order chi connectivity index (χ0) is 25.3. The Hall–Kier alpha value is -3.07. The van der Waals surface area contributed by atoms with Gasteiger partial charge in [0.15, 0.2) is 0 Å². The molecule has 2 heterocycles. The van der Waals surface area contributed by atoms with E-state index in [0.29, 0.717) is 25.1 Å². The number of rotatable bonds is 5. The summed E-state index contributed by atoms with van der Waals surface area (Å²) < 4.78 is 53.7. The van der Waals surface area contributed by atoms with E-state index < -0.39 is 23.1 Å². The van der Waals surface area contributed by atoms with E-state index in [-0.39, 0.29) is 36.9 Å². The number of carbonyl (C=O) groups is 2. The van der Waals surface area contributed by atoms with Gasteiger partial charge >= 0.3 is 6.18 Å². The fourth-order valence-electron chi connectivity index (χ4n) is 5.64. The SMILES string of the molecule is COc1ccccc1[C@H]1CNC(=O)CC12CCN(C(=O)[C@](OC)(c1ccccc1)C(F)(F)F)CC2. The summed E-state index contributed by atoms with van der Waals surface area (Å²) in [4.78, 5) is 27.1. The molecule has 2 aliphatic rings. The van der Waals surface area contributed by atoms with Crippen molar-refractivity contribution in [2.75, 3.05) is 33.9 Å². The molecule has 35 heavy (non-hydrogen) atoms. The molecule has 2 aromatic rings. The Morgan fingerprint density at radius 1 is 1.03 bits per heavy atom. The zero-order valence-electron chi connectivity index (χ0n) is 19.7. The number of likely N-dealkylation sites (tertiary alicyclic amines) is 1. The van der Waals surface area contributed by atoms with Crippen LogP contribution in [0.3, 0.4) is 0 Å². The fraction of sp³-hybridized carbons (Fsp3) is 0.462. The maximum absolute atomic E-state index is 14.4. The van der Waals surface area contributed by atoms with E-state index >= 15 is 0 Å². The topological polar surface area (TPSA) is 67.9 Å². The Morgan fingerprint density at radius 2 is 1.66 bits per heavy atom. The largest absolute Gasteiger partial charge is 0.496 e. The Morgan fingerprint density at radius 3 is 2.26 bits per heavy atom. The molecule has 6 nitrogen and oxygen atoms in total. The van der Waals surface area contributed by atoms with Gasteiger partial charge in [-0.05, 0) is 29.9 Å². The average Bonchev–Trinajstić information content (AvgIpc) is 2.85. The number of carbonyl (C=O) groups excluding carboxylic acids is 2. The monoisotopic (exact) mass is 490 g/mol. The molecule has 2 fully saturated rings. The highest BCUT2D eigenvalue weighted by Crippen LogP contribution is 2.51. The molecule has 0 unspecified atom stereocenters. The van der Waals surface area contributed by atoms with Crippen molar-refractivity contribution in [2.24, 2.45) is 5.41 Å². The van der Waals surface area contributed by atoms with Crippen LogP contribution >= 0.6 is 0 Å². The van der Waals surface area contributed by atoms with Gasteiger partial charge in [-0.3, -0.25) is 9.59 Å². The number of alkyl halides is 3. The van der Waals surface area contributed by atoms with E-state index in [4.69, 9.17) is 9.47 Å². The third-order valence-electron chi connectivity index (χ3n) is 7.50. The third-order valence-corrected chi connectivity index (χ3v) is 7.50. The molecule has 188 valence electrons. The highest BCUT2D eigenvalue weighted by molar-refractivity contribution is 5.88. The number of nitrogens with one attached hydrogen (secondary N) is 1. The summed E-state index contributed by atoms with van der Waals surface area (Å²) in [6.45, 7) is 0.583. The minimum absolute atomic E-state index is 0.0856. The zero-order valence-corrected chi connectivity index (χ0v) is 19.7. The van der Waals surface area contributed by atoms with Gasteiger partial charge < -0.3 is 19.7 Å². The quantitative estimate of drug-likeness (QED) is 0.688. The van der Waals surface area contributed by atoms with Gasteiger partial charge in [0.2, 0.25) is 5.91 Å². The van der Waals surface area contributed by atoms with Crippen molar-refractivity contribution in [3.05, 3.63) is 65.7 Å². The van der Waals surface area contributed by atoms with E-state index in [0.717, 1.165) is 12.7 Å². The van der Waals surface area contributed by atoms with E-state index in [1.165, 1.54) is 29.2 Å². The second kappa shape index (κ2) is 9.53. The molecule has 2 amide bonds. The summed E-state index contributed by atoms with van der Waals surface area (Å²) in [7, 11) is 2.49. The van der Waals surface area contributed by atoms with Crippen molar-refractivity contribution in [1.82, 2.24) is 10.2 Å². The van der Waals surface area contributed by atoms with Gasteiger partial charge in [0.25, 0.3) is 11.5 Å². The predicted molar refractivity (Wildman–Crippen MR) is 123 cm³/mol. The van der Waals surface area contributed by atoms with Gasteiger partial charge in [0.1, 0.15) is 5.75 Å². The standard InChI is InChI=1S/C26H29F3N2O4/c1-34-21-11-7-6-10-19(21)20-17-30-22(32)16-24(20)12-14-31(15-13-24)23(33)25(35-2,26(27,28)29)18-8-4-3-5-9-18/h3-11,20H,12-17H2,1-2H3,(H,30,32)/t20-,25-/m1/s1. The first-order valence-electron chi connectivity index (χ1n) is 11.5. The molecule has 0 saturated carbocycles. The van der Waals surface area contributed by atoms with Crippen LogP contribution in [0, 0.1) is 5.41 Å². The number of methoxy groups -OCH3 is 2. The number of benzene rings is 2. The van der Waals surface area contributed by atoms with Gasteiger partial charge in [0.05, 0.1) is 7.11 Å². The molecule has 4 rings (SSSR count). The van der Waals surface area contributed by atoms with Crippen LogP contribution in [0.25, 0.3) is 0 Å². The number of amides is 2. The average molecular weight is 491 g/mol. The van der Waals surface area contributed by atoms with Gasteiger partial charge in [0, 0.05) is 44.6 Å². The molecule has 2 atom stereocenters. The minimum Gasteiger partial charge on any atom is -0.496 e.